The number of hydrogen-bond donors (Lipinski definition) is 17. The highest BCUT2D eigenvalue weighted by molar-refractivity contribution is 5.99. The smallest absolute Gasteiger partial charge is 0.243 e. The fraction of sp³-hybridized carbons (Fsp3) is 0.458. The predicted molar refractivity (Wildman–Crippen MR) is 274 cm³/mol. The second-order valence-corrected chi connectivity index (χ2v) is 18.3. The molecule has 0 bridgehead atoms. The minimum absolute atomic E-state index is 0.0124. The predicted octanol–water partition coefficient (Wildman–Crippen LogP) is -3.64. The molecular weight excluding hydrogens is 1030 g/mol. The molecule has 30 heteroatoms. The van der Waals surface area contributed by atoms with Gasteiger partial charge in [-0.2, -0.15) is 0 Å². The number of amides is 10. The summed E-state index contributed by atoms with van der Waals surface area (Å²) < 4.78 is 43.5. The fourth-order valence-electron chi connectivity index (χ4n) is 8.24. The summed E-state index contributed by atoms with van der Waals surface area (Å²) >= 11 is 0. The molecule has 3 aromatic rings. The number of benzene rings is 2. The Morgan fingerprint density at radius 1 is 0.731 bits per heavy atom. The summed E-state index contributed by atoms with van der Waals surface area (Å²) in [6, 6.07) is -3.46. The Morgan fingerprint density at radius 2 is 1.31 bits per heavy atom. The van der Waals surface area contributed by atoms with E-state index < -0.39 is 150 Å². The molecule has 2 aromatic carbocycles. The molecule has 1 aliphatic heterocycles. The van der Waals surface area contributed by atoms with Gasteiger partial charge in [-0.05, 0) is 74.3 Å². The molecule has 27 nitrogen and oxygen atoms in total. The molecule has 10 amide bonds. The van der Waals surface area contributed by atoms with Crippen LogP contribution in [0.15, 0.2) is 42.6 Å². The topological polar surface area (TPSA) is 459 Å². The zero-order chi connectivity index (χ0) is 57.6. The lowest BCUT2D eigenvalue weighted by atomic mass is 10.0. The number of nitrogens with one attached hydrogen (secondary N) is 13. The van der Waals surface area contributed by atoms with Crippen LogP contribution in [0.2, 0.25) is 0 Å². The van der Waals surface area contributed by atoms with E-state index >= 15 is 0 Å². The third-order valence-electron chi connectivity index (χ3n) is 12.1. The van der Waals surface area contributed by atoms with E-state index in [4.69, 9.17) is 33.8 Å². The van der Waals surface area contributed by atoms with Crippen molar-refractivity contribution >= 4 is 81.9 Å². The molecule has 0 radical (unpaired) electrons. The fourth-order valence-corrected chi connectivity index (χ4v) is 8.24. The molecule has 0 spiro atoms. The quantitative estimate of drug-likeness (QED) is 0.0253. The SMILES string of the molecule is CC(=O)N[C@@H](CCCNC(=N)N)C(=O)N[C@H]1CCCNC(=O)CCC(C(N)=O)NC(=O)[C@H](Cc2c[nH]c3ccccc23)NC(=O)[C@H](CCCNC(=N)N)NC(=O)[C@@H](Cc2cc(F)c(F)c(F)c2)NC(=O)[C@H](CC(N)=O)NC1=O. The maximum absolute atomic E-state index is 14.7. The minimum Gasteiger partial charge on any atom is -0.370 e. The van der Waals surface area contributed by atoms with Crippen molar-refractivity contribution in [3.05, 3.63) is 71.2 Å². The van der Waals surface area contributed by atoms with Crippen molar-refractivity contribution in [2.45, 2.75) is 120 Å². The Kier molecular flexibility index (Phi) is 23.6. The van der Waals surface area contributed by atoms with Gasteiger partial charge in [0.25, 0.3) is 0 Å². The third-order valence-corrected chi connectivity index (χ3v) is 12.1. The molecule has 7 atom stereocenters. The molecular formula is C48H66F3N17O10. The average molecular weight is 1100 g/mol. The van der Waals surface area contributed by atoms with Crippen LogP contribution in [-0.2, 0) is 60.8 Å². The highest BCUT2D eigenvalue weighted by Gasteiger charge is 2.35. The van der Waals surface area contributed by atoms with Gasteiger partial charge in [0.15, 0.2) is 29.4 Å². The first-order valence-electron chi connectivity index (χ1n) is 24.7. The van der Waals surface area contributed by atoms with E-state index in [1.165, 1.54) is 0 Å². The van der Waals surface area contributed by atoms with E-state index in [0.717, 1.165) is 6.92 Å². The average Bonchev–Trinajstić information content (AvgIpc) is 3.79. The van der Waals surface area contributed by atoms with Crippen LogP contribution in [0.5, 0.6) is 0 Å². The van der Waals surface area contributed by atoms with Crippen molar-refractivity contribution in [1.82, 2.24) is 58.2 Å². The van der Waals surface area contributed by atoms with Gasteiger partial charge in [0, 0.05) is 62.9 Å². The van der Waals surface area contributed by atoms with Crippen LogP contribution in [0.1, 0.15) is 75.8 Å². The molecule has 1 saturated heterocycles. The van der Waals surface area contributed by atoms with Crippen LogP contribution in [0, 0.1) is 28.3 Å². The van der Waals surface area contributed by atoms with Crippen LogP contribution < -0.4 is 76.1 Å². The van der Waals surface area contributed by atoms with Crippen molar-refractivity contribution < 1.29 is 61.1 Å². The number of carbonyl (C=O) groups excluding carboxylic acids is 10. The van der Waals surface area contributed by atoms with Crippen molar-refractivity contribution in [2.75, 3.05) is 19.6 Å². The van der Waals surface area contributed by atoms with Gasteiger partial charge >= 0.3 is 0 Å². The largest absolute Gasteiger partial charge is 0.370 e. The number of H-pyrrole nitrogens is 1. The number of hydrogen-bond acceptors (Lipinski definition) is 12. The van der Waals surface area contributed by atoms with E-state index in [2.05, 4.69) is 58.2 Å². The van der Waals surface area contributed by atoms with Gasteiger partial charge in [-0.3, -0.25) is 58.8 Å². The minimum atomic E-state index is -1.97. The number of aromatic nitrogens is 1. The number of halogens is 3. The van der Waals surface area contributed by atoms with Crippen molar-refractivity contribution in [3.63, 3.8) is 0 Å². The summed E-state index contributed by atoms with van der Waals surface area (Å²) in [5.74, 6) is -16.1. The molecule has 2 heterocycles. The molecule has 0 aliphatic carbocycles. The Labute approximate surface area is 444 Å². The highest BCUT2D eigenvalue weighted by atomic mass is 19.2. The number of guanidine groups is 2. The van der Waals surface area contributed by atoms with Crippen LogP contribution in [0.3, 0.4) is 0 Å². The molecule has 4 rings (SSSR count). The molecule has 0 saturated carbocycles. The van der Waals surface area contributed by atoms with Crippen LogP contribution in [-0.4, -0.2) is 138 Å². The monoisotopic (exact) mass is 1100 g/mol. The standard InChI is InChI=1S/C48H66F3N17O10/c1-23(69)62-31(9-5-15-59-47(54)55)41(73)64-32-10-4-14-58-38(71)13-12-30(40(53)72)63-45(77)35(20-25-22-61-29-8-3-2-7-26(25)29)67-42(74)33(11-6-16-60-48(56)57)65-44(76)34(19-24-17-27(49)39(51)28(50)18-24)66-46(78)36(21-37(52)70)68-43(32)75/h2-3,7-8,17-18,22,30-36,61H,4-6,9-16,19-21H2,1H3,(H2,52,70)(H2,53,72)(H,58,71)(H,62,69)(H,63,77)(H,64,73)(H,65,76)(H,66,78)(H,67,74)(H,68,75)(H4,54,55,59)(H4,56,57,60)/t30?,31-,32-,33-,34+,35-,36-/m0/s1. The first-order valence-corrected chi connectivity index (χ1v) is 24.7. The van der Waals surface area contributed by atoms with Gasteiger partial charge in [0.2, 0.25) is 59.1 Å². The summed E-state index contributed by atoms with van der Waals surface area (Å²) in [5, 5.41) is 40.4. The van der Waals surface area contributed by atoms with Gasteiger partial charge < -0.3 is 81.1 Å². The van der Waals surface area contributed by atoms with Gasteiger partial charge in [-0.1, -0.05) is 18.2 Å². The molecule has 21 N–H and O–H groups in total. The number of carbonyl (C=O) groups is 10. The third kappa shape index (κ3) is 19.9. The molecule has 1 fully saturated rings. The van der Waals surface area contributed by atoms with Crippen molar-refractivity contribution in [3.8, 4) is 0 Å². The highest BCUT2D eigenvalue weighted by Crippen LogP contribution is 2.20. The second kappa shape index (κ2) is 29.9. The number of nitrogens with two attached hydrogens (primary N) is 4. The van der Waals surface area contributed by atoms with Crippen LogP contribution >= 0.6 is 0 Å². The molecule has 1 aromatic heterocycles. The molecule has 424 valence electrons. The lowest BCUT2D eigenvalue weighted by Crippen LogP contribution is -2.61. The van der Waals surface area contributed by atoms with Gasteiger partial charge in [-0.15, -0.1) is 0 Å². The molecule has 1 aliphatic rings. The maximum atomic E-state index is 14.7. The summed E-state index contributed by atoms with van der Waals surface area (Å²) in [6.07, 6.45) is -1.71. The van der Waals surface area contributed by atoms with Crippen molar-refractivity contribution in [1.29, 1.82) is 10.8 Å². The maximum Gasteiger partial charge on any atom is 0.243 e. The summed E-state index contributed by atoms with van der Waals surface area (Å²) in [6.45, 7) is 1.03. The summed E-state index contributed by atoms with van der Waals surface area (Å²) in [7, 11) is 0. The zero-order valence-electron chi connectivity index (χ0n) is 42.5. The Bertz CT molecular complexity index is 2700. The first kappa shape index (κ1) is 61.6. The Morgan fingerprint density at radius 3 is 1.94 bits per heavy atom. The number of primary amides is 2. The number of para-hydroxylation sites is 1. The Hall–Kier alpha value is -8.99. The summed E-state index contributed by atoms with van der Waals surface area (Å²) in [5.41, 5.74) is 22.7. The van der Waals surface area contributed by atoms with Gasteiger partial charge in [0.05, 0.1) is 6.42 Å². The van der Waals surface area contributed by atoms with E-state index in [1.54, 1.807) is 30.5 Å². The lowest BCUT2D eigenvalue weighted by Gasteiger charge is -2.28. The Balaban J connectivity index is 1.81. The lowest BCUT2D eigenvalue weighted by molar-refractivity contribution is -0.136. The molecule has 78 heavy (non-hydrogen) atoms. The van der Waals surface area contributed by atoms with E-state index in [1.807, 2.05) is 0 Å². The first-order chi connectivity index (χ1) is 36.9. The zero-order valence-corrected chi connectivity index (χ0v) is 42.5. The van der Waals surface area contributed by atoms with E-state index in [9.17, 15) is 61.1 Å². The van der Waals surface area contributed by atoms with Crippen molar-refractivity contribution in [2.24, 2.45) is 22.9 Å². The second-order valence-electron chi connectivity index (χ2n) is 18.3. The molecule has 1 unspecified atom stereocenters. The van der Waals surface area contributed by atoms with Crippen LogP contribution in [0.25, 0.3) is 10.9 Å². The number of rotatable bonds is 18. The number of fused-ring (bicyclic) bond motifs is 1. The van der Waals surface area contributed by atoms with Gasteiger partial charge in [-0.25, -0.2) is 13.2 Å². The van der Waals surface area contributed by atoms with E-state index in [0.29, 0.717) is 28.6 Å². The normalized spacial score (nSPS) is 20.7. The number of aromatic amines is 1. The van der Waals surface area contributed by atoms with Crippen LogP contribution in [0.4, 0.5) is 13.2 Å². The van der Waals surface area contributed by atoms with Gasteiger partial charge in [0.1, 0.15) is 42.3 Å². The summed E-state index contributed by atoms with van der Waals surface area (Å²) in [4.78, 5) is 139. The van der Waals surface area contributed by atoms with E-state index in [-0.39, 0.29) is 77.0 Å².